The molecule has 0 N–H and O–H groups in total. The van der Waals surface area contributed by atoms with Gasteiger partial charge in [0.15, 0.2) is 0 Å². The van der Waals surface area contributed by atoms with Crippen molar-refractivity contribution in [3.8, 4) is 11.4 Å². The number of nitrogens with zero attached hydrogens (tertiary/aromatic N) is 3. The van der Waals surface area contributed by atoms with Gasteiger partial charge in [0.2, 0.25) is 11.7 Å². The van der Waals surface area contributed by atoms with Gasteiger partial charge in [-0.2, -0.15) is 4.98 Å². The average molecular weight is 371 g/mol. The van der Waals surface area contributed by atoms with Crippen molar-refractivity contribution in [2.24, 2.45) is 0 Å². The zero-order chi connectivity index (χ0) is 18.1. The summed E-state index contributed by atoms with van der Waals surface area (Å²) in [7, 11) is 0. The van der Waals surface area contributed by atoms with E-state index in [0.29, 0.717) is 23.8 Å². The molecule has 1 aromatic carbocycles. The van der Waals surface area contributed by atoms with Gasteiger partial charge in [-0.05, 0) is 55.5 Å². The zero-order valence-electron chi connectivity index (χ0n) is 14.3. The molecule has 26 heavy (non-hydrogen) atoms. The molecular formula is C19H18FN3O2S. The Morgan fingerprint density at radius 3 is 2.85 bits per heavy atom. The Balaban J connectivity index is 1.51. The zero-order valence-corrected chi connectivity index (χ0v) is 15.1. The summed E-state index contributed by atoms with van der Waals surface area (Å²) in [5, 5.41) is 5.96. The summed E-state index contributed by atoms with van der Waals surface area (Å²) in [6.45, 7) is 3.27. The maximum absolute atomic E-state index is 13.1. The summed E-state index contributed by atoms with van der Waals surface area (Å²) >= 11 is 1.58. The minimum atomic E-state index is -0.303. The molecule has 0 radical (unpaired) electrons. The number of piperidine rings is 1. The van der Waals surface area contributed by atoms with Crippen LogP contribution in [0.3, 0.4) is 0 Å². The van der Waals surface area contributed by atoms with E-state index in [4.69, 9.17) is 4.52 Å². The molecule has 3 aromatic rings. The number of carbonyl (C=O) groups excluding carboxylic acids is 1. The van der Waals surface area contributed by atoms with Gasteiger partial charge in [0.1, 0.15) is 5.82 Å². The first-order chi connectivity index (χ1) is 12.6. The lowest BCUT2D eigenvalue weighted by molar-refractivity contribution is 0.0695. The topological polar surface area (TPSA) is 59.2 Å². The van der Waals surface area contributed by atoms with E-state index in [9.17, 15) is 9.18 Å². The third kappa shape index (κ3) is 3.26. The summed E-state index contributed by atoms with van der Waals surface area (Å²) in [4.78, 5) is 20.1. The van der Waals surface area contributed by atoms with Gasteiger partial charge in [-0.3, -0.25) is 4.79 Å². The molecule has 0 bridgehead atoms. The van der Waals surface area contributed by atoms with Gasteiger partial charge in [-0.1, -0.05) is 5.16 Å². The molecule has 1 aliphatic heterocycles. The summed E-state index contributed by atoms with van der Waals surface area (Å²) in [5.41, 5.74) is 1.48. The average Bonchev–Trinajstić information content (AvgIpc) is 3.31. The van der Waals surface area contributed by atoms with Crippen LogP contribution in [0.2, 0.25) is 0 Å². The first kappa shape index (κ1) is 16.9. The number of benzene rings is 1. The van der Waals surface area contributed by atoms with E-state index in [2.05, 4.69) is 10.1 Å². The molecule has 134 valence electrons. The number of aromatic nitrogens is 2. The van der Waals surface area contributed by atoms with E-state index in [1.54, 1.807) is 23.5 Å². The molecule has 7 heteroatoms. The van der Waals surface area contributed by atoms with Crippen LogP contribution in [0.1, 0.15) is 39.9 Å². The highest BCUT2D eigenvalue weighted by Crippen LogP contribution is 2.29. The van der Waals surface area contributed by atoms with Crippen LogP contribution < -0.4 is 0 Å². The van der Waals surface area contributed by atoms with Gasteiger partial charge in [0.05, 0.1) is 11.5 Å². The fourth-order valence-electron chi connectivity index (χ4n) is 3.26. The number of thiophene rings is 1. The van der Waals surface area contributed by atoms with Crippen LogP contribution >= 0.6 is 11.3 Å². The number of amides is 1. The van der Waals surface area contributed by atoms with E-state index >= 15 is 0 Å². The maximum atomic E-state index is 13.1. The second-order valence-electron chi connectivity index (χ2n) is 6.44. The van der Waals surface area contributed by atoms with E-state index in [-0.39, 0.29) is 17.6 Å². The summed E-state index contributed by atoms with van der Waals surface area (Å²) in [6.07, 6.45) is 1.80. The number of hydrogen-bond acceptors (Lipinski definition) is 5. The third-order valence-corrected chi connectivity index (χ3v) is 5.54. The quantitative estimate of drug-likeness (QED) is 0.690. The van der Waals surface area contributed by atoms with Crippen molar-refractivity contribution in [3.63, 3.8) is 0 Å². The minimum absolute atomic E-state index is 0.0216. The predicted octanol–water partition coefficient (Wildman–Crippen LogP) is 4.27. The van der Waals surface area contributed by atoms with Crippen molar-refractivity contribution in [1.29, 1.82) is 0 Å². The van der Waals surface area contributed by atoms with Gasteiger partial charge < -0.3 is 9.42 Å². The second kappa shape index (κ2) is 6.99. The number of halogens is 1. The lowest BCUT2D eigenvalue weighted by Gasteiger charge is -2.31. The first-order valence-corrected chi connectivity index (χ1v) is 9.42. The first-order valence-electron chi connectivity index (χ1n) is 8.55. The van der Waals surface area contributed by atoms with E-state index in [1.165, 1.54) is 12.1 Å². The van der Waals surface area contributed by atoms with Gasteiger partial charge in [0, 0.05) is 23.5 Å². The fraction of sp³-hybridized carbons (Fsp3) is 0.316. The molecule has 2 aromatic heterocycles. The minimum Gasteiger partial charge on any atom is -0.339 e. The number of hydrogen-bond donors (Lipinski definition) is 0. The Morgan fingerprint density at radius 2 is 2.12 bits per heavy atom. The van der Waals surface area contributed by atoms with Crippen molar-refractivity contribution in [3.05, 3.63) is 57.9 Å². The Morgan fingerprint density at radius 1 is 1.31 bits per heavy atom. The van der Waals surface area contributed by atoms with Crippen LogP contribution in [0.25, 0.3) is 11.4 Å². The van der Waals surface area contributed by atoms with Crippen LogP contribution in [-0.4, -0.2) is 34.0 Å². The Kier molecular flexibility index (Phi) is 4.55. The molecule has 0 spiro atoms. The Labute approximate surface area is 154 Å². The lowest BCUT2D eigenvalue weighted by atomic mass is 9.97. The van der Waals surface area contributed by atoms with Gasteiger partial charge in [0.25, 0.3) is 5.91 Å². The molecule has 1 fully saturated rings. The molecule has 1 aliphatic rings. The number of rotatable bonds is 3. The van der Waals surface area contributed by atoms with Gasteiger partial charge in [-0.15, -0.1) is 11.3 Å². The molecule has 1 saturated heterocycles. The van der Waals surface area contributed by atoms with E-state index < -0.39 is 0 Å². The van der Waals surface area contributed by atoms with Crippen LogP contribution in [0, 0.1) is 12.7 Å². The number of carbonyl (C=O) groups is 1. The lowest BCUT2D eigenvalue weighted by Crippen LogP contribution is -2.39. The normalized spacial score (nSPS) is 17.5. The highest BCUT2D eigenvalue weighted by molar-refractivity contribution is 7.10. The molecular weight excluding hydrogens is 353 g/mol. The molecule has 0 saturated carbocycles. The van der Waals surface area contributed by atoms with Crippen LogP contribution in [-0.2, 0) is 0 Å². The molecule has 4 rings (SSSR count). The highest BCUT2D eigenvalue weighted by Gasteiger charge is 2.29. The molecule has 1 atom stereocenters. The number of likely N-dealkylation sites (tertiary alicyclic amines) is 1. The van der Waals surface area contributed by atoms with Crippen molar-refractivity contribution >= 4 is 17.2 Å². The summed E-state index contributed by atoms with van der Waals surface area (Å²) < 4.78 is 18.5. The number of aryl methyl sites for hydroxylation is 1. The standard InChI is InChI=1S/C19H18FN3O2S/c1-12-16(8-10-26-12)19(24)23-9-2-3-14(11-23)18-21-17(22-25-18)13-4-6-15(20)7-5-13/h4-8,10,14H,2-3,9,11H2,1H3. The summed E-state index contributed by atoms with van der Waals surface area (Å²) in [5.74, 6) is 0.753. The highest BCUT2D eigenvalue weighted by atomic mass is 32.1. The van der Waals surface area contributed by atoms with Crippen LogP contribution in [0.15, 0.2) is 40.2 Å². The SMILES string of the molecule is Cc1sccc1C(=O)N1CCCC(c2nc(-c3ccc(F)cc3)no2)C1. The van der Waals surface area contributed by atoms with Crippen molar-refractivity contribution in [2.45, 2.75) is 25.7 Å². The Bertz CT molecular complexity index is 919. The van der Waals surface area contributed by atoms with Crippen molar-refractivity contribution in [2.75, 3.05) is 13.1 Å². The Hall–Kier alpha value is -2.54. The van der Waals surface area contributed by atoms with Crippen LogP contribution in [0.5, 0.6) is 0 Å². The smallest absolute Gasteiger partial charge is 0.254 e. The fourth-order valence-corrected chi connectivity index (χ4v) is 3.95. The van der Waals surface area contributed by atoms with Crippen molar-refractivity contribution in [1.82, 2.24) is 15.0 Å². The molecule has 0 aliphatic carbocycles. The maximum Gasteiger partial charge on any atom is 0.254 e. The largest absolute Gasteiger partial charge is 0.339 e. The monoisotopic (exact) mass is 371 g/mol. The van der Waals surface area contributed by atoms with Gasteiger partial charge >= 0.3 is 0 Å². The van der Waals surface area contributed by atoms with E-state index in [0.717, 1.165) is 29.8 Å². The molecule has 1 amide bonds. The molecule has 1 unspecified atom stereocenters. The van der Waals surface area contributed by atoms with Crippen molar-refractivity contribution < 1.29 is 13.7 Å². The molecule has 5 nitrogen and oxygen atoms in total. The summed E-state index contributed by atoms with van der Waals surface area (Å²) in [6, 6.07) is 7.87. The predicted molar refractivity (Wildman–Crippen MR) is 96.6 cm³/mol. The van der Waals surface area contributed by atoms with Crippen LogP contribution in [0.4, 0.5) is 4.39 Å². The molecule has 3 heterocycles. The third-order valence-electron chi connectivity index (χ3n) is 4.69. The second-order valence-corrected chi connectivity index (χ2v) is 7.56. The van der Waals surface area contributed by atoms with Gasteiger partial charge in [-0.25, -0.2) is 4.39 Å². The van der Waals surface area contributed by atoms with E-state index in [1.807, 2.05) is 23.3 Å².